The van der Waals surface area contributed by atoms with E-state index >= 15 is 0 Å². The predicted molar refractivity (Wildman–Crippen MR) is 71.2 cm³/mol. The van der Waals surface area contributed by atoms with Crippen LogP contribution in [0.2, 0.25) is 0 Å². The fourth-order valence-electron chi connectivity index (χ4n) is 1.14. The SMILES string of the molecule is C=CCNC(=S)N[NH+]=Cc1ccccc1C. The number of nitrogens with one attached hydrogen (secondary N) is 3. The molecule has 84 valence electrons. The van der Waals surface area contributed by atoms with Crippen LogP contribution in [0.1, 0.15) is 11.1 Å². The Morgan fingerprint density at radius 3 is 2.94 bits per heavy atom. The van der Waals surface area contributed by atoms with Gasteiger partial charge in [0.2, 0.25) is 5.11 Å². The van der Waals surface area contributed by atoms with Crippen LogP contribution in [-0.4, -0.2) is 17.9 Å². The molecule has 0 aromatic heterocycles. The molecule has 1 aromatic carbocycles. The maximum absolute atomic E-state index is 5.02. The zero-order valence-electron chi connectivity index (χ0n) is 9.29. The van der Waals surface area contributed by atoms with Gasteiger partial charge in [-0.1, -0.05) is 24.3 Å². The lowest BCUT2D eigenvalue weighted by molar-refractivity contribution is -0.500. The smallest absolute Gasteiger partial charge is 0.224 e. The minimum Gasteiger partial charge on any atom is -0.355 e. The van der Waals surface area contributed by atoms with Gasteiger partial charge in [-0.25, -0.2) is 0 Å². The van der Waals surface area contributed by atoms with Gasteiger partial charge in [-0.15, -0.1) is 17.1 Å². The Morgan fingerprint density at radius 2 is 2.25 bits per heavy atom. The second-order valence-corrected chi connectivity index (χ2v) is 3.68. The van der Waals surface area contributed by atoms with Crippen LogP contribution in [0.4, 0.5) is 0 Å². The number of aryl methyl sites for hydroxylation is 1. The van der Waals surface area contributed by atoms with Gasteiger partial charge in [-0.2, -0.15) is 0 Å². The topological polar surface area (TPSA) is 38.0 Å². The first-order valence-electron chi connectivity index (χ1n) is 5.03. The van der Waals surface area contributed by atoms with Crippen LogP contribution in [0.15, 0.2) is 36.9 Å². The Kier molecular flexibility index (Phi) is 5.22. The first-order valence-corrected chi connectivity index (χ1v) is 5.44. The van der Waals surface area contributed by atoms with Crippen molar-refractivity contribution < 1.29 is 5.10 Å². The average Bonchev–Trinajstić information content (AvgIpc) is 2.29. The summed E-state index contributed by atoms with van der Waals surface area (Å²) >= 11 is 5.02. The number of benzene rings is 1. The van der Waals surface area contributed by atoms with Crippen LogP contribution in [0.3, 0.4) is 0 Å². The summed E-state index contributed by atoms with van der Waals surface area (Å²) in [6.07, 6.45) is 3.62. The molecule has 0 saturated heterocycles. The number of rotatable bonds is 4. The fraction of sp³-hybridized carbons (Fsp3) is 0.167. The summed E-state index contributed by atoms with van der Waals surface area (Å²) in [6.45, 7) is 6.30. The third-order valence-electron chi connectivity index (χ3n) is 2.01. The molecule has 0 bridgehead atoms. The summed E-state index contributed by atoms with van der Waals surface area (Å²) in [5.41, 5.74) is 5.20. The maximum Gasteiger partial charge on any atom is 0.224 e. The van der Waals surface area contributed by atoms with Gasteiger partial charge in [0.1, 0.15) is 0 Å². The summed E-state index contributed by atoms with van der Waals surface area (Å²) in [6, 6.07) is 8.09. The number of hydrazine groups is 1. The van der Waals surface area contributed by atoms with Gasteiger partial charge in [0.15, 0.2) is 6.21 Å². The number of hydrazone groups is 1. The third-order valence-corrected chi connectivity index (χ3v) is 2.26. The Morgan fingerprint density at radius 1 is 1.50 bits per heavy atom. The molecule has 0 amide bonds. The van der Waals surface area contributed by atoms with Gasteiger partial charge >= 0.3 is 0 Å². The van der Waals surface area contributed by atoms with Crippen LogP contribution >= 0.6 is 12.2 Å². The number of thiocarbonyl (C=S) groups is 1. The van der Waals surface area contributed by atoms with E-state index in [0.29, 0.717) is 11.7 Å². The molecule has 3 N–H and O–H groups in total. The van der Waals surface area contributed by atoms with E-state index in [1.807, 2.05) is 24.4 Å². The number of hydrogen-bond donors (Lipinski definition) is 3. The van der Waals surface area contributed by atoms with E-state index in [9.17, 15) is 0 Å². The molecule has 1 aromatic rings. The van der Waals surface area contributed by atoms with Crippen molar-refractivity contribution >= 4 is 23.5 Å². The Hall–Kier alpha value is -1.68. The van der Waals surface area contributed by atoms with E-state index in [-0.39, 0.29) is 0 Å². The summed E-state index contributed by atoms with van der Waals surface area (Å²) in [5, 5.41) is 6.44. The Balaban J connectivity index is 2.46. The largest absolute Gasteiger partial charge is 0.355 e. The van der Waals surface area contributed by atoms with Crippen molar-refractivity contribution in [2.45, 2.75) is 6.92 Å². The molecule has 0 fully saturated rings. The van der Waals surface area contributed by atoms with E-state index < -0.39 is 0 Å². The molecule has 0 atom stereocenters. The lowest BCUT2D eigenvalue weighted by Gasteiger charge is -1.99. The van der Waals surface area contributed by atoms with Gasteiger partial charge in [-0.05, 0) is 30.8 Å². The summed E-state index contributed by atoms with van der Waals surface area (Å²) in [7, 11) is 0. The molecule has 0 heterocycles. The minimum absolute atomic E-state index is 0.546. The highest BCUT2D eigenvalue weighted by atomic mass is 32.1. The summed E-state index contributed by atoms with van der Waals surface area (Å²) in [4.78, 5) is 0. The average molecular weight is 234 g/mol. The van der Waals surface area contributed by atoms with Crippen molar-refractivity contribution in [1.82, 2.24) is 10.7 Å². The van der Waals surface area contributed by atoms with Crippen LogP contribution in [0, 0.1) is 6.92 Å². The van der Waals surface area contributed by atoms with Crippen molar-refractivity contribution in [1.29, 1.82) is 0 Å². The molecule has 0 aliphatic carbocycles. The maximum atomic E-state index is 5.02. The molecular weight excluding hydrogens is 218 g/mol. The second kappa shape index (κ2) is 6.74. The van der Waals surface area contributed by atoms with Crippen molar-refractivity contribution in [3.63, 3.8) is 0 Å². The summed E-state index contributed by atoms with van der Waals surface area (Å²) < 4.78 is 0. The first-order chi connectivity index (χ1) is 7.74. The second-order valence-electron chi connectivity index (χ2n) is 3.27. The zero-order chi connectivity index (χ0) is 11.8. The lowest BCUT2D eigenvalue weighted by Crippen LogP contribution is -2.82. The minimum atomic E-state index is 0.546. The predicted octanol–water partition coefficient (Wildman–Crippen LogP) is 0.0596. The third kappa shape index (κ3) is 4.23. The zero-order valence-corrected chi connectivity index (χ0v) is 10.1. The molecule has 0 saturated carbocycles. The molecule has 0 radical (unpaired) electrons. The van der Waals surface area contributed by atoms with Crippen molar-refractivity contribution in [3.05, 3.63) is 48.0 Å². The molecular formula is C12H16N3S+. The van der Waals surface area contributed by atoms with Crippen molar-refractivity contribution in [2.24, 2.45) is 0 Å². The molecule has 16 heavy (non-hydrogen) atoms. The van der Waals surface area contributed by atoms with Crippen molar-refractivity contribution in [2.75, 3.05) is 6.54 Å². The van der Waals surface area contributed by atoms with Crippen LogP contribution in [0.5, 0.6) is 0 Å². The van der Waals surface area contributed by atoms with Gasteiger partial charge in [0, 0.05) is 12.1 Å². The molecule has 0 aliphatic heterocycles. The fourth-order valence-corrected chi connectivity index (χ4v) is 1.28. The molecule has 0 unspecified atom stereocenters. The highest BCUT2D eigenvalue weighted by Crippen LogP contribution is 2.01. The lowest BCUT2D eigenvalue weighted by atomic mass is 10.1. The summed E-state index contributed by atoms with van der Waals surface area (Å²) in [5.74, 6) is 0. The molecule has 4 heteroatoms. The van der Waals surface area contributed by atoms with E-state index in [1.54, 1.807) is 6.08 Å². The Bertz CT molecular complexity index is 399. The van der Waals surface area contributed by atoms with Crippen molar-refractivity contribution in [3.8, 4) is 0 Å². The van der Waals surface area contributed by atoms with E-state index in [1.165, 1.54) is 5.56 Å². The Labute approximate surface area is 101 Å². The van der Waals surface area contributed by atoms with Gasteiger partial charge in [0.25, 0.3) is 0 Å². The monoisotopic (exact) mass is 234 g/mol. The standard InChI is InChI=1S/C12H15N3S/c1-3-8-13-12(16)15-14-9-11-7-5-4-6-10(11)2/h3-7,9H,1,8H2,2H3,(H2,13,15,16)/p+1. The van der Waals surface area contributed by atoms with E-state index in [4.69, 9.17) is 12.2 Å². The van der Waals surface area contributed by atoms with Crippen LogP contribution in [-0.2, 0) is 0 Å². The van der Waals surface area contributed by atoms with Gasteiger partial charge < -0.3 is 5.32 Å². The molecule has 3 nitrogen and oxygen atoms in total. The molecule has 1 rings (SSSR count). The van der Waals surface area contributed by atoms with E-state index in [0.717, 1.165) is 5.56 Å². The van der Waals surface area contributed by atoms with Crippen LogP contribution in [0.25, 0.3) is 0 Å². The highest BCUT2D eigenvalue weighted by Gasteiger charge is 1.96. The van der Waals surface area contributed by atoms with E-state index in [2.05, 4.69) is 35.4 Å². The van der Waals surface area contributed by atoms with Gasteiger partial charge in [-0.3, -0.25) is 0 Å². The normalized spacial score (nSPS) is 10.1. The molecule has 0 aliphatic rings. The quantitative estimate of drug-likeness (QED) is 0.298. The molecule has 0 spiro atoms. The first kappa shape index (κ1) is 12.4. The van der Waals surface area contributed by atoms with Gasteiger partial charge in [0.05, 0.1) is 0 Å². The highest BCUT2D eigenvalue weighted by molar-refractivity contribution is 7.80. The van der Waals surface area contributed by atoms with Crippen LogP contribution < -0.4 is 15.8 Å². The number of hydrogen-bond acceptors (Lipinski definition) is 1.